The molecule has 0 aromatic rings. The van der Waals surface area contributed by atoms with E-state index in [0.29, 0.717) is 31.1 Å². The smallest absolute Gasteiger partial charge is 0.306 e. The summed E-state index contributed by atoms with van der Waals surface area (Å²) in [6.45, 7) is 6.06. The Hall–Kier alpha value is -2.04. The number of carbonyl (C=O) groups is 4. The number of carbonyl (C=O) groups excluding carboxylic acids is 4. The third kappa shape index (κ3) is 2.95. The minimum Gasteiger partial charge on any atom is -0.458 e. The highest BCUT2D eigenvalue weighted by Gasteiger charge is 2.68. The van der Waals surface area contributed by atoms with Gasteiger partial charge in [-0.15, -0.1) is 0 Å². The van der Waals surface area contributed by atoms with Crippen LogP contribution in [0.4, 0.5) is 0 Å². The maximum absolute atomic E-state index is 13.4. The summed E-state index contributed by atoms with van der Waals surface area (Å²) in [4.78, 5) is 49.4. The summed E-state index contributed by atoms with van der Waals surface area (Å²) in [6, 6.07) is 0. The van der Waals surface area contributed by atoms with Crippen molar-refractivity contribution in [2.75, 3.05) is 0 Å². The molecule has 4 aliphatic carbocycles. The number of hydrogen-bond donors (Lipinski definition) is 0. The zero-order valence-corrected chi connectivity index (χ0v) is 19.4. The van der Waals surface area contributed by atoms with Crippen molar-refractivity contribution in [2.45, 2.75) is 84.2 Å². The van der Waals surface area contributed by atoms with Crippen molar-refractivity contribution < 1.29 is 23.9 Å². The fourth-order valence-electron chi connectivity index (χ4n) is 8.47. The minimum atomic E-state index is -0.387. The van der Waals surface area contributed by atoms with Gasteiger partial charge in [0.1, 0.15) is 5.60 Å². The molecule has 0 aromatic carbocycles. The van der Waals surface area contributed by atoms with Crippen molar-refractivity contribution in [3.8, 4) is 0 Å². The first kappa shape index (κ1) is 21.8. The molecule has 1 spiro atoms. The largest absolute Gasteiger partial charge is 0.458 e. The molecule has 1 heterocycles. The van der Waals surface area contributed by atoms with Crippen LogP contribution in [-0.4, -0.2) is 28.9 Å². The number of allylic oxidation sites excluding steroid dienone is 3. The number of fused-ring (bicyclic) bond motifs is 6. The Morgan fingerprint density at radius 3 is 2.44 bits per heavy atom. The number of rotatable bonds is 3. The molecule has 0 N–H and O–H groups in total. The van der Waals surface area contributed by atoms with Crippen molar-refractivity contribution in [1.82, 2.24) is 0 Å². The number of esters is 1. The average molecular weight is 439 g/mol. The lowest BCUT2D eigenvalue weighted by Crippen LogP contribution is -2.57. The molecule has 1 saturated heterocycles. The topological polar surface area (TPSA) is 77.5 Å². The quantitative estimate of drug-likeness (QED) is 0.478. The summed E-state index contributed by atoms with van der Waals surface area (Å²) in [7, 11) is 0. The predicted octanol–water partition coefficient (Wildman–Crippen LogP) is 4.53. The Bertz CT molecular complexity index is 959. The van der Waals surface area contributed by atoms with E-state index >= 15 is 0 Å². The summed E-state index contributed by atoms with van der Waals surface area (Å²) in [5, 5.41) is 0. The maximum atomic E-state index is 13.4. The molecular formula is C27H34O5. The first-order valence-corrected chi connectivity index (χ1v) is 12.3. The molecule has 172 valence electrons. The molecule has 32 heavy (non-hydrogen) atoms. The van der Waals surface area contributed by atoms with Crippen LogP contribution >= 0.6 is 0 Å². The van der Waals surface area contributed by atoms with Gasteiger partial charge in [0.2, 0.25) is 0 Å². The molecule has 0 radical (unpaired) electrons. The van der Waals surface area contributed by atoms with Crippen LogP contribution in [0.2, 0.25) is 0 Å². The highest BCUT2D eigenvalue weighted by molar-refractivity contribution is 5.99. The Morgan fingerprint density at radius 1 is 1.00 bits per heavy atom. The van der Waals surface area contributed by atoms with Crippen molar-refractivity contribution >= 4 is 23.3 Å². The lowest BCUT2D eigenvalue weighted by molar-refractivity contribution is -0.172. The third-order valence-corrected chi connectivity index (χ3v) is 10.2. The summed E-state index contributed by atoms with van der Waals surface area (Å²) in [6.07, 6.45) is 11.8. The normalized spacial score (nSPS) is 45.3. The second-order valence-corrected chi connectivity index (χ2v) is 11.5. The van der Waals surface area contributed by atoms with E-state index in [1.807, 2.05) is 6.08 Å². The van der Waals surface area contributed by atoms with Gasteiger partial charge in [0.05, 0.1) is 0 Å². The Balaban J connectivity index is 1.57. The molecule has 4 fully saturated rings. The molecule has 5 rings (SSSR count). The lowest BCUT2D eigenvalue weighted by Gasteiger charge is -2.60. The van der Waals surface area contributed by atoms with E-state index in [9.17, 15) is 19.2 Å². The van der Waals surface area contributed by atoms with Gasteiger partial charge in [-0.25, -0.2) is 0 Å². The summed E-state index contributed by atoms with van der Waals surface area (Å²) in [5.41, 5.74) is 0.573. The molecular weight excluding hydrogens is 404 g/mol. The predicted molar refractivity (Wildman–Crippen MR) is 118 cm³/mol. The molecule has 5 heteroatoms. The van der Waals surface area contributed by atoms with Gasteiger partial charge >= 0.3 is 5.97 Å². The van der Waals surface area contributed by atoms with Crippen LogP contribution in [-0.2, 0) is 23.9 Å². The minimum absolute atomic E-state index is 0.00443. The van der Waals surface area contributed by atoms with Gasteiger partial charge in [0, 0.05) is 24.2 Å². The van der Waals surface area contributed by atoms with Crippen molar-refractivity contribution in [1.29, 1.82) is 0 Å². The second kappa shape index (κ2) is 7.23. The van der Waals surface area contributed by atoms with E-state index in [0.717, 1.165) is 44.1 Å². The summed E-state index contributed by atoms with van der Waals surface area (Å²) in [5.74, 6) is 0.559. The van der Waals surface area contributed by atoms with E-state index in [1.54, 1.807) is 0 Å². The molecule has 1 aliphatic heterocycles. The van der Waals surface area contributed by atoms with Crippen LogP contribution in [0.5, 0.6) is 0 Å². The molecule has 0 amide bonds. The summed E-state index contributed by atoms with van der Waals surface area (Å²) >= 11 is 0. The number of ketones is 3. The zero-order valence-electron chi connectivity index (χ0n) is 19.4. The van der Waals surface area contributed by atoms with Gasteiger partial charge < -0.3 is 4.74 Å². The van der Waals surface area contributed by atoms with Crippen molar-refractivity contribution in [2.24, 2.45) is 34.5 Å². The average Bonchev–Trinajstić information content (AvgIpc) is 3.26. The van der Waals surface area contributed by atoms with Gasteiger partial charge in [-0.3, -0.25) is 19.2 Å². The highest BCUT2D eigenvalue weighted by atomic mass is 16.6. The molecule has 2 unspecified atom stereocenters. The first-order chi connectivity index (χ1) is 15.1. The fourth-order valence-corrected chi connectivity index (χ4v) is 8.47. The van der Waals surface area contributed by atoms with Gasteiger partial charge in [0.25, 0.3) is 0 Å². The molecule has 0 bridgehead atoms. The number of hydrogen-bond acceptors (Lipinski definition) is 5. The first-order valence-electron chi connectivity index (χ1n) is 12.3. The molecule has 7 atom stereocenters. The monoisotopic (exact) mass is 438 g/mol. The van der Waals surface area contributed by atoms with Crippen LogP contribution < -0.4 is 0 Å². The van der Waals surface area contributed by atoms with Gasteiger partial charge in [-0.1, -0.05) is 19.4 Å². The highest BCUT2D eigenvalue weighted by Crippen LogP contribution is 2.70. The lowest BCUT2D eigenvalue weighted by atomic mass is 9.43. The Labute approximate surface area is 190 Å². The summed E-state index contributed by atoms with van der Waals surface area (Å²) < 4.78 is 6.04. The van der Waals surface area contributed by atoms with Crippen LogP contribution in [0, 0.1) is 34.5 Å². The molecule has 3 saturated carbocycles. The fraction of sp³-hybridized carbons (Fsp3) is 0.704. The molecule has 5 nitrogen and oxygen atoms in total. The Morgan fingerprint density at radius 2 is 1.75 bits per heavy atom. The van der Waals surface area contributed by atoms with E-state index in [-0.39, 0.29) is 51.6 Å². The second-order valence-electron chi connectivity index (χ2n) is 11.5. The van der Waals surface area contributed by atoms with E-state index in [4.69, 9.17) is 4.74 Å². The van der Waals surface area contributed by atoms with Crippen LogP contribution in [0.15, 0.2) is 23.8 Å². The van der Waals surface area contributed by atoms with E-state index < -0.39 is 0 Å². The van der Waals surface area contributed by atoms with Crippen LogP contribution in [0.1, 0.15) is 78.6 Å². The van der Waals surface area contributed by atoms with E-state index in [2.05, 4.69) is 13.8 Å². The van der Waals surface area contributed by atoms with Gasteiger partial charge in [-0.05, 0) is 93.3 Å². The Kier molecular flexibility index (Phi) is 4.92. The SMILES string of the molecule is CC(=O)/C=C\C(=O)[C@@H]1CC2=CC(=O)CCC2(C)C2CC[C@@]3(C)[C@@H](CC[C@@]34CCC(=O)O4)[C@@H]21. The molecule has 0 aromatic heterocycles. The third-order valence-electron chi connectivity index (χ3n) is 10.2. The number of ether oxygens (including phenoxy) is 1. The zero-order chi connectivity index (χ0) is 22.9. The van der Waals surface area contributed by atoms with E-state index in [1.165, 1.54) is 19.1 Å². The van der Waals surface area contributed by atoms with Crippen LogP contribution in [0.25, 0.3) is 0 Å². The maximum Gasteiger partial charge on any atom is 0.306 e. The van der Waals surface area contributed by atoms with Crippen molar-refractivity contribution in [3.05, 3.63) is 23.8 Å². The standard InChI is InChI=1S/C27H34O5/c1-16(28)4-5-22(30)19-15-17-14-18(29)6-10-25(17,2)20-7-11-26(3)21(24(19)20)8-12-27(26)13-9-23(31)32-27/h4-5,14,19-21,24H,6-13,15H2,1-3H3/b5-4-/t19-,20?,21-,24+,25?,26-,27+/m0/s1. The van der Waals surface area contributed by atoms with Crippen LogP contribution in [0.3, 0.4) is 0 Å². The van der Waals surface area contributed by atoms with Gasteiger partial charge in [0.15, 0.2) is 17.3 Å². The molecule has 5 aliphatic rings. The van der Waals surface area contributed by atoms with Crippen molar-refractivity contribution in [3.63, 3.8) is 0 Å². The van der Waals surface area contributed by atoms with Gasteiger partial charge in [-0.2, -0.15) is 0 Å².